The zero-order valence-corrected chi connectivity index (χ0v) is 8.44. The zero-order chi connectivity index (χ0) is 11.1. The van der Waals surface area contributed by atoms with E-state index >= 15 is 0 Å². The molecule has 0 heterocycles. The highest BCUT2D eigenvalue weighted by Gasteiger charge is 2.08. The summed E-state index contributed by atoms with van der Waals surface area (Å²) < 4.78 is 17.5. The van der Waals surface area contributed by atoms with Gasteiger partial charge in [-0.1, -0.05) is 12.1 Å². The summed E-state index contributed by atoms with van der Waals surface area (Å²) in [7, 11) is 2.81. The van der Waals surface area contributed by atoms with Crippen molar-refractivity contribution in [1.29, 1.82) is 0 Å². The molecule has 5 heteroatoms. The third-order valence-corrected chi connectivity index (χ3v) is 1.91. The van der Waals surface area contributed by atoms with Gasteiger partial charge in [0.1, 0.15) is 12.1 Å². The van der Waals surface area contributed by atoms with Gasteiger partial charge in [0, 0.05) is 7.11 Å². The predicted molar refractivity (Wildman–Crippen MR) is 55.9 cm³/mol. The number of rotatable bonds is 6. The van der Waals surface area contributed by atoms with Crippen LogP contribution in [0.15, 0.2) is 24.3 Å². The molecule has 1 aromatic rings. The Labute approximate surface area is 88.9 Å². The summed E-state index contributed by atoms with van der Waals surface area (Å²) in [5, 5.41) is 2.75. The number of halogens is 1. The van der Waals surface area contributed by atoms with Crippen LogP contribution in [0.4, 0.5) is 4.39 Å². The molecule has 1 N–H and O–H groups in total. The van der Waals surface area contributed by atoms with Crippen molar-refractivity contribution in [2.24, 2.45) is 0 Å². The number of hydrogen-bond acceptors (Lipinski definition) is 3. The van der Waals surface area contributed by atoms with Gasteiger partial charge in [0.15, 0.2) is 0 Å². The van der Waals surface area contributed by atoms with Crippen LogP contribution in [0.25, 0.3) is 0 Å². The quantitative estimate of drug-likeness (QED) is 0.552. The van der Waals surface area contributed by atoms with E-state index in [9.17, 15) is 9.18 Å². The summed E-state index contributed by atoms with van der Waals surface area (Å²) in [5.41, 5.74) is 0.768. The van der Waals surface area contributed by atoms with E-state index in [2.05, 4.69) is 9.88 Å². The zero-order valence-electron chi connectivity index (χ0n) is 8.44. The average molecular weight is 208 g/mol. The van der Waals surface area contributed by atoms with Gasteiger partial charge in [-0.25, -0.2) is 4.39 Å². The van der Waals surface area contributed by atoms with Crippen molar-refractivity contribution in [3.8, 4) is 0 Å². The Morgan fingerprint density at radius 2 is 2.47 bits per heavy atom. The molecule has 3 nitrogen and oxygen atoms in total. The van der Waals surface area contributed by atoms with E-state index in [1.54, 1.807) is 12.1 Å². The van der Waals surface area contributed by atoms with Crippen molar-refractivity contribution >= 4 is 13.9 Å². The van der Waals surface area contributed by atoms with E-state index in [0.717, 1.165) is 11.8 Å². The van der Waals surface area contributed by atoms with Crippen LogP contribution >= 0.6 is 0 Å². The third-order valence-electron chi connectivity index (χ3n) is 1.91. The number of hydrogen-bond donors (Lipinski definition) is 1. The van der Waals surface area contributed by atoms with E-state index in [-0.39, 0.29) is 5.82 Å². The lowest BCUT2D eigenvalue weighted by atomic mass is 10.0. The van der Waals surface area contributed by atoms with Crippen molar-refractivity contribution in [2.45, 2.75) is 12.5 Å². The van der Waals surface area contributed by atoms with Crippen molar-refractivity contribution in [2.75, 3.05) is 7.11 Å². The Morgan fingerprint density at radius 3 is 3.07 bits per heavy atom. The molecule has 0 saturated heterocycles. The minimum absolute atomic E-state index is 0.298. The highest BCUT2D eigenvalue weighted by Crippen LogP contribution is 2.05. The SMILES string of the molecule is CO[B]NC(C=O)Cc1cccc(F)c1. The van der Waals surface area contributed by atoms with E-state index in [4.69, 9.17) is 0 Å². The molecule has 0 aliphatic heterocycles. The van der Waals surface area contributed by atoms with Crippen molar-refractivity contribution in [3.63, 3.8) is 0 Å². The number of aldehydes is 1. The van der Waals surface area contributed by atoms with Crippen molar-refractivity contribution < 1.29 is 13.8 Å². The van der Waals surface area contributed by atoms with Crippen LogP contribution in [0.3, 0.4) is 0 Å². The van der Waals surface area contributed by atoms with Crippen LogP contribution in [0.2, 0.25) is 0 Å². The van der Waals surface area contributed by atoms with Crippen LogP contribution in [-0.4, -0.2) is 27.1 Å². The standard InChI is InChI=1S/C10H12BFNO2/c1-15-11-13-10(7-14)6-8-3-2-4-9(12)5-8/h2-5,7,10,13H,6H2,1H3. The Balaban J connectivity index is 2.54. The molecule has 0 amide bonds. The molecule has 1 unspecified atom stereocenters. The van der Waals surface area contributed by atoms with Crippen molar-refractivity contribution in [3.05, 3.63) is 35.6 Å². The number of carbonyl (C=O) groups excluding carboxylic acids is 1. The first kappa shape index (κ1) is 11.9. The summed E-state index contributed by atoms with van der Waals surface area (Å²) in [6.07, 6.45) is 1.20. The Bertz CT molecular complexity index is 322. The lowest BCUT2D eigenvalue weighted by Gasteiger charge is -2.10. The summed E-state index contributed by atoms with van der Waals surface area (Å²) >= 11 is 0. The lowest BCUT2D eigenvalue weighted by molar-refractivity contribution is -0.109. The second-order valence-corrected chi connectivity index (χ2v) is 3.10. The molecule has 0 saturated carbocycles. The first-order valence-corrected chi connectivity index (χ1v) is 4.56. The topological polar surface area (TPSA) is 38.3 Å². The van der Waals surface area contributed by atoms with Gasteiger partial charge >= 0.3 is 7.62 Å². The predicted octanol–water partition coefficient (Wildman–Crippen LogP) is 0.706. The fourth-order valence-electron chi connectivity index (χ4n) is 1.22. The lowest BCUT2D eigenvalue weighted by Crippen LogP contribution is -2.36. The number of nitrogens with one attached hydrogen (secondary N) is 1. The molecule has 1 radical (unpaired) electrons. The van der Waals surface area contributed by atoms with Gasteiger partial charge in [-0.15, -0.1) is 0 Å². The maximum absolute atomic E-state index is 12.8. The summed E-state index contributed by atoms with van der Waals surface area (Å²) in [6.45, 7) is 0. The smallest absolute Gasteiger partial charge is 0.396 e. The molecule has 79 valence electrons. The largest absolute Gasteiger partial charge is 0.427 e. The Hall–Kier alpha value is -1.20. The Kier molecular flexibility index (Phi) is 5.00. The van der Waals surface area contributed by atoms with E-state index < -0.39 is 6.04 Å². The molecule has 1 atom stereocenters. The van der Waals surface area contributed by atoms with Crippen LogP contribution in [-0.2, 0) is 15.9 Å². The molecule has 0 aliphatic carbocycles. The molecule has 15 heavy (non-hydrogen) atoms. The van der Waals surface area contributed by atoms with Gasteiger partial charge in [0.25, 0.3) is 0 Å². The fourth-order valence-corrected chi connectivity index (χ4v) is 1.22. The van der Waals surface area contributed by atoms with Gasteiger partial charge < -0.3 is 14.7 Å². The second kappa shape index (κ2) is 6.32. The maximum atomic E-state index is 12.8. The Morgan fingerprint density at radius 1 is 1.67 bits per heavy atom. The summed E-state index contributed by atoms with van der Waals surface area (Å²) in [4.78, 5) is 10.7. The molecule has 0 aromatic heterocycles. The van der Waals surface area contributed by atoms with Gasteiger partial charge in [-0.05, 0) is 24.1 Å². The molecule has 0 fully saturated rings. The molecule has 1 rings (SSSR count). The average Bonchev–Trinajstić information content (AvgIpc) is 2.24. The molecular formula is C10H12BFNO2. The molecule has 0 bridgehead atoms. The molecule has 0 spiro atoms. The molecule has 1 aromatic carbocycles. The fraction of sp³-hybridized carbons (Fsp3) is 0.300. The third kappa shape index (κ3) is 4.23. The summed E-state index contributed by atoms with van der Waals surface area (Å²) in [6, 6.07) is 5.77. The van der Waals surface area contributed by atoms with Crippen LogP contribution in [0, 0.1) is 5.82 Å². The van der Waals surface area contributed by atoms with Gasteiger partial charge in [0.2, 0.25) is 0 Å². The highest BCUT2D eigenvalue weighted by molar-refractivity contribution is 6.24. The van der Waals surface area contributed by atoms with Crippen molar-refractivity contribution in [1.82, 2.24) is 5.23 Å². The number of carbonyl (C=O) groups is 1. The first-order valence-electron chi connectivity index (χ1n) is 4.56. The summed E-state index contributed by atoms with van der Waals surface area (Å²) in [5.74, 6) is -0.298. The monoisotopic (exact) mass is 208 g/mol. The highest BCUT2D eigenvalue weighted by atomic mass is 19.1. The van der Waals surface area contributed by atoms with Gasteiger partial charge in [-0.2, -0.15) is 0 Å². The van der Waals surface area contributed by atoms with Crippen LogP contribution < -0.4 is 5.23 Å². The minimum Gasteiger partial charge on any atom is -0.427 e. The van der Waals surface area contributed by atoms with E-state index in [0.29, 0.717) is 6.42 Å². The maximum Gasteiger partial charge on any atom is 0.396 e. The first-order chi connectivity index (χ1) is 7.26. The molecular weight excluding hydrogens is 196 g/mol. The van der Waals surface area contributed by atoms with Gasteiger partial charge in [0.05, 0.1) is 6.04 Å². The number of benzene rings is 1. The van der Waals surface area contributed by atoms with E-state index in [1.165, 1.54) is 26.9 Å². The van der Waals surface area contributed by atoms with Crippen LogP contribution in [0.1, 0.15) is 5.56 Å². The molecule has 0 aliphatic rings. The minimum atomic E-state index is -0.397. The van der Waals surface area contributed by atoms with Crippen LogP contribution in [0.5, 0.6) is 0 Å². The second-order valence-electron chi connectivity index (χ2n) is 3.10. The van der Waals surface area contributed by atoms with Gasteiger partial charge in [-0.3, -0.25) is 0 Å². The van der Waals surface area contributed by atoms with E-state index in [1.807, 2.05) is 0 Å². The normalized spacial score (nSPS) is 12.1.